The molecule has 0 radical (unpaired) electrons. The third kappa shape index (κ3) is 5.29. The SMILES string of the molecule is O=C1NC(=NC2CCCCC2)SC1=Cc1ccc(Oc2ccc(F)cc2)c([N+](=O)[O-])c1. The predicted octanol–water partition coefficient (Wildman–Crippen LogP) is 5.42. The first kappa shape index (κ1) is 21.0. The molecule has 1 N–H and O–H groups in total. The molecule has 1 aliphatic carbocycles. The number of hydrogen-bond acceptors (Lipinski definition) is 6. The van der Waals surface area contributed by atoms with Gasteiger partial charge in [0.05, 0.1) is 15.9 Å². The third-order valence-corrected chi connectivity index (χ3v) is 5.97. The summed E-state index contributed by atoms with van der Waals surface area (Å²) in [5.74, 6) is -0.386. The van der Waals surface area contributed by atoms with Crippen LogP contribution in [0.1, 0.15) is 37.7 Å². The van der Waals surface area contributed by atoms with Gasteiger partial charge in [0, 0.05) is 6.07 Å². The van der Waals surface area contributed by atoms with Crippen molar-refractivity contribution >= 4 is 34.6 Å². The lowest BCUT2D eigenvalue weighted by molar-refractivity contribution is -0.385. The number of nitrogens with zero attached hydrogens (tertiary/aromatic N) is 2. The highest BCUT2D eigenvalue weighted by Crippen LogP contribution is 2.34. The van der Waals surface area contributed by atoms with Gasteiger partial charge >= 0.3 is 5.69 Å². The van der Waals surface area contributed by atoms with Gasteiger partial charge in [-0.1, -0.05) is 25.3 Å². The molecule has 1 saturated heterocycles. The van der Waals surface area contributed by atoms with Crippen LogP contribution in [-0.4, -0.2) is 22.0 Å². The summed E-state index contributed by atoms with van der Waals surface area (Å²) in [4.78, 5) is 28.4. The first-order valence-electron chi connectivity index (χ1n) is 9.98. The van der Waals surface area contributed by atoms with Gasteiger partial charge in [-0.05, 0) is 66.6 Å². The number of nitrogens with one attached hydrogen (secondary N) is 1. The average Bonchev–Trinajstić information content (AvgIpc) is 3.10. The van der Waals surface area contributed by atoms with Gasteiger partial charge in [0.15, 0.2) is 5.17 Å². The zero-order valence-electron chi connectivity index (χ0n) is 16.5. The molecule has 9 heteroatoms. The van der Waals surface area contributed by atoms with Crippen molar-refractivity contribution in [1.29, 1.82) is 0 Å². The molecule has 0 spiro atoms. The van der Waals surface area contributed by atoms with E-state index in [0.717, 1.165) is 25.7 Å². The van der Waals surface area contributed by atoms with Crippen LogP contribution >= 0.6 is 11.8 Å². The van der Waals surface area contributed by atoms with Crippen LogP contribution in [0.25, 0.3) is 6.08 Å². The molecule has 1 saturated carbocycles. The van der Waals surface area contributed by atoms with Crippen LogP contribution in [-0.2, 0) is 4.79 Å². The van der Waals surface area contributed by atoms with E-state index in [1.165, 1.54) is 54.6 Å². The van der Waals surface area contributed by atoms with E-state index in [9.17, 15) is 19.3 Å². The fraction of sp³-hybridized carbons (Fsp3) is 0.273. The van der Waals surface area contributed by atoms with E-state index in [1.807, 2.05) is 0 Å². The number of amidine groups is 1. The van der Waals surface area contributed by atoms with Crippen LogP contribution in [0.2, 0.25) is 0 Å². The molecule has 2 aromatic rings. The summed E-state index contributed by atoms with van der Waals surface area (Å²) in [7, 11) is 0. The van der Waals surface area contributed by atoms with E-state index >= 15 is 0 Å². The topological polar surface area (TPSA) is 93.8 Å². The zero-order valence-corrected chi connectivity index (χ0v) is 17.4. The number of nitro benzene ring substituents is 1. The molecule has 2 aliphatic rings. The second kappa shape index (κ2) is 9.30. The monoisotopic (exact) mass is 441 g/mol. The Kier molecular flexibility index (Phi) is 6.31. The second-order valence-corrected chi connectivity index (χ2v) is 8.36. The molecule has 31 heavy (non-hydrogen) atoms. The van der Waals surface area contributed by atoms with Crippen molar-refractivity contribution in [2.75, 3.05) is 0 Å². The first-order chi connectivity index (χ1) is 15.0. The quantitative estimate of drug-likeness (QED) is 0.380. The number of rotatable bonds is 5. The van der Waals surface area contributed by atoms with Crippen LogP contribution in [0.3, 0.4) is 0 Å². The Labute approximate surface area is 182 Å². The van der Waals surface area contributed by atoms with Gasteiger partial charge in [0.25, 0.3) is 5.91 Å². The minimum Gasteiger partial charge on any atom is -0.450 e. The highest BCUT2D eigenvalue weighted by atomic mass is 32.2. The molecule has 0 aromatic heterocycles. The fourth-order valence-electron chi connectivity index (χ4n) is 3.50. The largest absolute Gasteiger partial charge is 0.450 e. The van der Waals surface area contributed by atoms with Gasteiger partial charge in [-0.3, -0.25) is 19.9 Å². The summed E-state index contributed by atoms with van der Waals surface area (Å²) in [6.45, 7) is 0. The van der Waals surface area contributed by atoms with Gasteiger partial charge < -0.3 is 10.1 Å². The molecular formula is C22H20FN3O4S. The molecule has 2 aromatic carbocycles. The lowest BCUT2D eigenvalue weighted by atomic mass is 9.96. The summed E-state index contributed by atoms with van der Waals surface area (Å²) in [6, 6.07) is 9.87. The molecule has 4 rings (SSSR count). The summed E-state index contributed by atoms with van der Waals surface area (Å²) in [5, 5.41) is 14.9. The van der Waals surface area contributed by atoms with E-state index in [0.29, 0.717) is 15.6 Å². The van der Waals surface area contributed by atoms with Gasteiger partial charge in [0.1, 0.15) is 11.6 Å². The van der Waals surface area contributed by atoms with Crippen molar-refractivity contribution < 1.29 is 18.8 Å². The number of nitro groups is 1. The molecular weight excluding hydrogens is 421 g/mol. The molecule has 2 fully saturated rings. The number of hydrogen-bond donors (Lipinski definition) is 1. The number of amides is 1. The number of carbonyl (C=O) groups excluding carboxylic acids is 1. The number of halogens is 1. The number of thioether (sulfide) groups is 1. The molecule has 1 heterocycles. The van der Waals surface area contributed by atoms with Gasteiger partial charge in [-0.15, -0.1) is 0 Å². The molecule has 0 bridgehead atoms. The average molecular weight is 441 g/mol. The third-order valence-electron chi connectivity index (χ3n) is 5.04. The molecule has 160 valence electrons. The van der Waals surface area contributed by atoms with Crippen LogP contribution in [0.15, 0.2) is 52.4 Å². The molecule has 0 unspecified atom stereocenters. The maximum absolute atomic E-state index is 13.1. The van der Waals surface area contributed by atoms with Crippen LogP contribution in [0.4, 0.5) is 10.1 Å². The van der Waals surface area contributed by atoms with Crippen molar-refractivity contribution in [1.82, 2.24) is 5.32 Å². The van der Waals surface area contributed by atoms with Gasteiger partial charge in [0.2, 0.25) is 5.75 Å². The van der Waals surface area contributed by atoms with Crippen molar-refractivity contribution in [2.24, 2.45) is 4.99 Å². The number of benzene rings is 2. The van der Waals surface area contributed by atoms with E-state index in [4.69, 9.17) is 4.74 Å². The van der Waals surface area contributed by atoms with Crippen molar-refractivity contribution in [3.05, 3.63) is 68.9 Å². The normalized spacial score (nSPS) is 19.6. The second-order valence-electron chi connectivity index (χ2n) is 7.33. The summed E-state index contributed by atoms with van der Waals surface area (Å²) >= 11 is 1.24. The maximum Gasteiger partial charge on any atom is 0.312 e. The first-order valence-corrected chi connectivity index (χ1v) is 10.8. The fourth-order valence-corrected chi connectivity index (χ4v) is 4.39. The van der Waals surface area contributed by atoms with Gasteiger partial charge in [-0.2, -0.15) is 0 Å². The lowest BCUT2D eigenvalue weighted by Gasteiger charge is -2.17. The van der Waals surface area contributed by atoms with Crippen LogP contribution in [0.5, 0.6) is 11.5 Å². The van der Waals surface area contributed by atoms with Crippen molar-refractivity contribution in [3.63, 3.8) is 0 Å². The van der Waals surface area contributed by atoms with Crippen LogP contribution in [0, 0.1) is 15.9 Å². The lowest BCUT2D eigenvalue weighted by Crippen LogP contribution is -2.22. The summed E-state index contributed by atoms with van der Waals surface area (Å²) in [5.41, 5.74) is 0.243. The van der Waals surface area contributed by atoms with Gasteiger partial charge in [-0.25, -0.2) is 4.39 Å². The Morgan fingerprint density at radius 1 is 1.16 bits per heavy atom. The number of carbonyl (C=O) groups is 1. The number of aliphatic imine (C=N–C) groups is 1. The van der Waals surface area contributed by atoms with E-state index in [2.05, 4.69) is 10.3 Å². The highest BCUT2D eigenvalue weighted by Gasteiger charge is 2.26. The molecule has 1 aliphatic heterocycles. The van der Waals surface area contributed by atoms with E-state index in [-0.39, 0.29) is 29.1 Å². The summed E-state index contributed by atoms with van der Waals surface area (Å²) in [6.07, 6.45) is 7.18. The Morgan fingerprint density at radius 3 is 2.61 bits per heavy atom. The van der Waals surface area contributed by atoms with Crippen molar-refractivity contribution in [3.8, 4) is 11.5 Å². The summed E-state index contributed by atoms with van der Waals surface area (Å²) < 4.78 is 18.6. The zero-order chi connectivity index (χ0) is 21.8. The maximum atomic E-state index is 13.1. The van der Waals surface area contributed by atoms with E-state index < -0.39 is 10.7 Å². The Bertz CT molecular complexity index is 1060. The Hall–Kier alpha value is -3.20. The minimum atomic E-state index is -0.557. The van der Waals surface area contributed by atoms with Crippen molar-refractivity contribution in [2.45, 2.75) is 38.1 Å². The molecule has 0 atom stereocenters. The Balaban J connectivity index is 1.54. The highest BCUT2D eigenvalue weighted by molar-refractivity contribution is 8.18. The predicted molar refractivity (Wildman–Crippen MR) is 118 cm³/mol. The number of ether oxygens (including phenoxy) is 1. The van der Waals surface area contributed by atoms with Crippen LogP contribution < -0.4 is 10.1 Å². The molecule has 7 nitrogen and oxygen atoms in total. The van der Waals surface area contributed by atoms with E-state index in [1.54, 1.807) is 12.1 Å². The standard InChI is InChI=1S/C22H20FN3O4S/c23-15-7-9-17(10-8-15)30-19-11-6-14(12-18(19)26(28)29)13-20-21(27)25-22(31-20)24-16-4-2-1-3-5-16/h6-13,16H,1-5H2,(H,24,25,27). The smallest absolute Gasteiger partial charge is 0.312 e. The Morgan fingerprint density at radius 2 is 1.90 bits per heavy atom. The minimum absolute atomic E-state index is 0.0295. The molecule has 1 amide bonds.